The van der Waals surface area contributed by atoms with E-state index < -0.39 is 20.0 Å². The average Bonchev–Trinajstić information content (AvgIpc) is 3.36. The first-order valence-electron chi connectivity index (χ1n) is 30.2. The summed E-state index contributed by atoms with van der Waals surface area (Å²) in [6.45, 7) is 4.59. The molecule has 8 nitrogen and oxygen atoms in total. The van der Waals surface area contributed by atoms with Gasteiger partial charge in [-0.05, 0) is 83.5 Å². The standard InChI is InChI=1S/C65H115N2O6P/c1-6-8-10-12-14-16-18-20-22-24-26-28-29-30-31-32-33-34-35-36-37-39-41-43-45-47-49-51-53-55-57-59-65(69)66-63(62-73-74(70,71)72-61-60-67(3,4)5)64(68)58-56-54-52-50-48-46-44-42-40-38-27-25-23-21-19-17-15-13-11-9-7-2/h8,10,14,16,20,22,26,28,30-31,33-34,36-37,41,43,47,49,63-64,68H,6-7,9,11-13,15,17-19,21,23-25,27,29,32,35,38-40,42,44-46,48,50-62H2,1-5H3,(H-,66,69,70,71)/b10-8-,16-14-,22-20-,28-26-,31-30-,34-33-,37-36-,43-41-,49-47-. The third kappa shape index (κ3) is 56.9. The van der Waals surface area contributed by atoms with Crippen LogP contribution in [0.25, 0.3) is 0 Å². The highest BCUT2D eigenvalue weighted by Gasteiger charge is 2.24. The summed E-state index contributed by atoms with van der Waals surface area (Å²) in [6.07, 6.45) is 79.8. The number of nitrogens with zero attached hydrogens (tertiary/aromatic N) is 1. The van der Waals surface area contributed by atoms with E-state index in [1.165, 1.54) is 116 Å². The zero-order valence-corrected chi connectivity index (χ0v) is 49.4. The fourth-order valence-electron chi connectivity index (χ4n) is 8.33. The lowest BCUT2D eigenvalue weighted by Gasteiger charge is -2.30. The average molecular weight is 1050 g/mol. The molecule has 74 heavy (non-hydrogen) atoms. The molecule has 0 saturated carbocycles. The number of likely N-dealkylation sites (N-methyl/N-ethyl adjacent to an activating group) is 1. The summed E-state index contributed by atoms with van der Waals surface area (Å²) in [7, 11) is 1.27. The second-order valence-electron chi connectivity index (χ2n) is 21.3. The number of hydrogen-bond acceptors (Lipinski definition) is 6. The summed E-state index contributed by atoms with van der Waals surface area (Å²) in [4.78, 5) is 25.6. The van der Waals surface area contributed by atoms with Gasteiger partial charge in [-0.3, -0.25) is 9.36 Å². The SMILES string of the molecule is CC/C=C\C/C=C\C/C=C\C/C=C\C/C=C\C/C=C\C/C=C\C/C=C\C/C=C\CCCCCC(=O)NC(COP(=O)([O-])OCC[N+](C)(C)C)C(O)CCCCCCCCCCCCCCCCCCCCCCC. The lowest BCUT2D eigenvalue weighted by molar-refractivity contribution is -0.870. The predicted octanol–water partition coefficient (Wildman–Crippen LogP) is 18.1. The maximum atomic E-state index is 13.0. The zero-order chi connectivity index (χ0) is 54.2. The molecule has 0 heterocycles. The van der Waals surface area contributed by atoms with E-state index in [1.54, 1.807) is 0 Å². The van der Waals surface area contributed by atoms with E-state index in [4.69, 9.17) is 9.05 Å². The number of phosphoric acid groups is 1. The van der Waals surface area contributed by atoms with Crippen molar-refractivity contribution >= 4 is 13.7 Å². The van der Waals surface area contributed by atoms with Crippen LogP contribution in [0.2, 0.25) is 0 Å². The maximum Gasteiger partial charge on any atom is 0.268 e. The molecule has 2 N–H and O–H groups in total. The van der Waals surface area contributed by atoms with Crippen molar-refractivity contribution in [2.45, 2.75) is 257 Å². The zero-order valence-electron chi connectivity index (χ0n) is 48.5. The molecule has 0 rings (SSSR count). The van der Waals surface area contributed by atoms with Crippen LogP contribution in [-0.2, 0) is 18.4 Å². The Hall–Kier alpha value is -2.84. The van der Waals surface area contributed by atoms with E-state index in [-0.39, 0.29) is 19.1 Å². The van der Waals surface area contributed by atoms with Crippen molar-refractivity contribution in [2.24, 2.45) is 0 Å². The normalized spacial score (nSPS) is 14.6. The van der Waals surface area contributed by atoms with Crippen molar-refractivity contribution in [1.29, 1.82) is 0 Å². The van der Waals surface area contributed by atoms with Gasteiger partial charge >= 0.3 is 0 Å². The highest BCUT2D eigenvalue weighted by Crippen LogP contribution is 2.38. The lowest BCUT2D eigenvalue weighted by atomic mass is 10.0. The largest absolute Gasteiger partial charge is 0.756 e. The molecule has 0 saturated heterocycles. The molecule has 0 fully saturated rings. The minimum absolute atomic E-state index is 0.000373. The number of rotatable bonds is 54. The van der Waals surface area contributed by atoms with Crippen LogP contribution < -0.4 is 10.2 Å². The molecule has 9 heteroatoms. The molecule has 1 amide bonds. The fourth-order valence-corrected chi connectivity index (χ4v) is 9.05. The van der Waals surface area contributed by atoms with Crippen LogP contribution in [0.1, 0.15) is 245 Å². The number of phosphoric ester groups is 1. The fraction of sp³-hybridized carbons (Fsp3) is 0.708. The molecule has 426 valence electrons. The van der Waals surface area contributed by atoms with Gasteiger partial charge in [0.15, 0.2) is 0 Å². The number of aliphatic hydroxyl groups is 1. The van der Waals surface area contributed by atoms with Crippen LogP contribution in [0.15, 0.2) is 109 Å². The van der Waals surface area contributed by atoms with E-state index in [1.807, 2.05) is 21.1 Å². The van der Waals surface area contributed by atoms with Crippen LogP contribution in [0, 0.1) is 0 Å². The van der Waals surface area contributed by atoms with Crippen LogP contribution in [-0.4, -0.2) is 68.5 Å². The number of quaternary nitrogens is 1. The lowest BCUT2D eigenvalue weighted by Crippen LogP contribution is -2.46. The number of amides is 1. The quantitative estimate of drug-likeness (QED) is 0.0272. The molecular weight excluding hydrogens is 936 g/mol. The summed E-state index contributed by atoms with van der Waals surface area (Å²) < 4.78 is 23.4. The Morgan fingerprint density at radius 3 is 1.19 bits per heavy atom. The number of carbonyl (C=O) groups excluding carboxylic acids is 1. The molecule has 0 spiro atoms. The number of nitrogens with one attached hydrogen (secondary N) is 1. The van der Waals surface area contributed by atoms with E-state index in [0.717, 1.165) is 103 Å². The number of allylic oxidation sites excluding steroid dienone is 18. The van der Waals surface area contributed by atoms with Gasteiger partial charge in [0.25, 0.3) is 7.82 Å². The molecule has 0 aliphatic carbocycles. The number of carbonyl (C=O) groups is 1. The van der Waals surface area contributed by atoms with Gasteiger partial charge in [-0.2, -0.15) is 0 Å². The van der Waals surface area contributed by atoms with Crippen LogP contribution in [0.5, 0.6) is 0 Å². The van der Waals surface area contributed by atoms with Gasteiger partial charge in [0.1, 0.15) is 13.2 Å². The van der Waals surface area contributed by atoms with Gasteiger partial charge in [-0.25, -0.2) is 0 Å². The van der Waals surface area contributed by atoms with Gasteiger partial charge < -0.3 is 28.8 Å². The monoisotopic (exact) mass is 1050 g/mol. The molecule has 3 atom stereocenters. The van der Waals surface area contributed by atoms with E-state index in [2.05, 4.69) is 129 Å². The van der Waals surface area contributed by atoms with E-state index in [0.29, 0.717) is 23.9 Å². The molecule has 0 aromatic rings. The summed E-state index contributed by atoms with van der Waals surface area (Å²) in [5.41, 5.74) is 0. The Labute approximate surface area is 457 Å². The van der Waals surface area contributed by atoms with Crippen LogP contribution in [0.4, 0.5) is 0 Å². The Balaban J connectivity index is 4.27. The van der Waals surface area contributed by atoms with Crippen molar-refractivity contribution in [3.63, 3.8) is 0 Å². The molecule has 0 bridgehead atoms. The minimum Gasteiger partial charge on any atom is -0.756 e. The Bertz CT molecular complexity index is 1570. The summed E-state index contributed by atoms with van der Waals surface area (Å²) in [5.74, 6) is -0.199. The predicted molar refractivity (Wildman–Crippen MR) is 320 cm³/mol. The van der Waals surface area contributed by atoms with Crippen molar-refractivity contribution in [3.05, 3.63) is 109 Å². The van der Waals surface area contributed by atoms with Crippen molar-refractivity contribution in [3.8, 4) is 0 Å². The van der Waals surface area contributed by atoms with Gasteiger partial charge in [0, 0.05) is 6.42 Å². The van der Waals surface area contributed by atoms with Crippen LogP contribution in [0.3, 0.4) is 0 Å². The summed E-state index contributed by atoms with van der Waals surface area (Å²) in [5, 5.41) is 14.0. The molecule has 0 aromatic carbocycles. The first kappa shape index (κ1) is 71.2. The van der Waals surface area contributed by atoms with Crippen molar-refractivity contribution in [1.82, 2.24) is 5.32 Å². The van der Waals surface area contributed by atoms with Crippen molar-refractivity contribution in [2.75, 3.05) is 40.9 Å². The molecule has 0 radical (unpaired) electrons. The molecule has 0 aliphatic rings. The molecular formula is C65H115N2O6P. The van der Waals surface area contributed by atoms with Crippen LogP contribution >= 0.6 is 7.82 Å². The molecule has 3 unspecified atom stereocenters. The van der Waals surface area contributed by atoms with Gasteiger partial charge in [0.05, 0.1) is 39.9 Å². The van der Waals surface area contributed by atoms with Crippen molar-refractivity contribution < 1.29 is 32.9 Å². The number of unbranched alkanes of at least 4 members (excludes halogenated alkanes) is 23. The third-order valence-electron chi connectivity index (χ3n) is 13.0. The first-order chi connectivity index (χ1) is 36.0. The molecule has 0 aromatic heterocycles. The Morgan fingerprint density at radius 1 is 0.486 bits per heavy atom. The smallest absolute Gasteiger partial charge is 0.268 e. The number of hydrogen-bond donors (Lipinski definition) is 2. The second-order valence-corrected chi connectivity index (χ2v) is 22.7. The topological polar surface area (TPSA) is 108 Å². The minimum atomic E-state index is -4.59. The van der Waals surface area contributed by atoms with Gasteiger partial charge in [-0.15, -0.1) is 0 Å². The third-order valence-corrected chi connectivity index (χ3v) is 14.0. The van der Waals surface area contributed by atoms with E-state index in [9.17, 15) is 19.4 Å². The first-order valence-corrected chi connectivity index (χ1v) is 31.7. The van der Waals surface area contributed by atoms with E-state index >= 15 is 0 Å². The Morgan fingerprint density at radius 2 is 0.824 bits per heavy atom. The number of aliphatic hydroxyl groups excluding tert-OH is 1. The summed E-state index contributed by atoms with van der Waals surface area (Å²) in [6, 6.07) is -0.828. The van der Waals surface area contributed by atoms with Gasteiger partial charge in [0.2, 0.25) is 5.91 Å². The maximum absolute atomic E-state index is 13.0. The highest BCUT2D eigenvalue weighted by atomic mass is 31.2. The van der Waals surface area contributed by atoms with Gasteiger partial charge in [-0.1, -0.05) is 264 Å². The highest BCUT2D eigenvalue weighted by molar-refractivity contribution is 7.45. The Kier molecular flexibility index (Phi) is 52.8. The summed E-state index contributed by atoms with van der Waals surface area (Å²) >= 11 is 0. The second kappa shape index (κ2) is 54.9. The molecule has 0 aliphatic heterocycles.